The third-order valence-corrected chi connectivity index (χ3v) is 2.18. The summed E-state index contributed by atoms with van der Waals surface area (Å²) in [5.41, 5.74) is 2.40. The van der Waals surface area contributed by atoms with Gasteiger partial charge in [0.05, 0.1) is 7.11 Å². The Morgan fingerprint density at radius 2 is 2.00 bits per heavy atom. The predicted octanol–water partition coefficient (Wildman–Crippen LogP) is 1.21. The van der Waals surface area contributed by atoms with E-state index in [-0.39, 0.29) is 0 Å². The van der Waals surface area contributed by atoms with Crippen LogP contribution in [-0.2, 0) is 4.84 Å². The summed E-state index contributed by atoms with van der Waals surface area (Å²) in [4.78, 5) is 5.18. The summed E-state index contributed by atoms with van der Waals surface area (Å²) in [5.74, 6) is 0. The van der Waals surface area contributed by atoms with Crippen molar-refractivity contribution >= 4 is 5.57 Å². The lowest BCUT2D eigenvalue weighted by molar-refractivity contribution is -1.02. The second-order valence-corrected chi connectivity index (χ2v) is 3.10. The molecule has 1 aliphatic rings. The van der Waals surface area contributed by atoms with E-state index in [2.05, 4.69) is 18.2 Å². The first-order valence-electron chi connectivity index (χ1n) is 4.59. The van der Waals surface area contributed by atoms with Crippen LogP contribution >= 0.6 is 0 Å². The molecule has 0 amide bonds. The number of rotatable bonds is 2. The van der Waals surface area contributed by atoms with Gasteiger partial charge in [0.25, 0.3) is 0 Å². The van der Waals surface area contributed by atoms with Crippen molar-refractivity contribution in [2.24, 2.45) is 0 Å². The zero-order chi connectivity index (χ0) is 9.80. The molecule has 1 atom stereocenters. The number of hydroxylamine groups is 2. The molecule has 1 aromatic carbocycles. The Hall–Kier alpha value is -1.51. The van der Waals surface area contributed by atoms with Crippen LogP contribution in [0.25, 0.3) is 5.57 Å². The molecule has 14 heavy (non-hydrogen) atoms. The Morgan fingerprint density at radius 1 is 1.21 bits per heavy atom. The van der Waals surface area contributed by atoms with Gasteiger partial charge in [-0.15, -0.1) is 0 Å². The second-order valence-electron chi connectivity index (χ2n) is 3.10. The molecule has 1 N–H and O–H groups in total. The molecule has 1 aromatic rings. The third-order valence-electron chi connectivity index (χ3n) is 2.18. The Balaban J connectivity index is 2.26. The molecule has 0 fully saturated rings. The van der Waals surface area contributed by atoms with Crippen molar-refractivity contribution in [3.63, 3.8) is 0 Å². The maximum Gasteiger partial charge on any atom is 0.106 e. The van der Waals surface area contributed by atoms with E-state index >= 15 is 0 Å². The first-order chi connectivity index (χ1) is 6.90. The third kappa shape index (κ3) is 1.87. The standard InChI is InChI=1S/C12H13NO/c1-14-13-9-5-8-12(10-13)11-6-3-2-4-7-11/h2-10,13H,1H3. The van der Waals surface area contributed by atoms with Crippen molar-refractivity contribution in [3.05, 3.63) is 60.8 Å². The van der Waals surface area contributed by atoms with Gasteiger partial charge in [-0.25, -0.2) is 9.90 Å². The van der Waals surface area contributed by atoms with Crippen molar-refractivity contribution in [2.45, 2.75) is 0 Å². The molecule has 0 radical (unpaired) electrons. The average Bonchev–Trinajstić information content (AvgIpc) is 2.30. The molecular weight excluding hydrogens is 174 g/mol. The zero-order valence-electron chi connectivity index (χ0n) is 8.10. The number of nitrogens with one attached hydrogen (secondary N) is 1. The van der Waals surface area contributed by atoms with Crippen LogP contribution in [0.4, 0.5) is 0 Å². The summed E-state index contributed by atoms with van der Waals surface area (Å²) in [6, 6.07) is 10.3. The fourth-order valence-electron chi connectivity index (χ4n) is 1.43. The van der Waals surface area contributed by atoms with E-state index in [0.717, 1.165) is 5.06 Å². The van der Waals surface area contributed by atoms with Gasteiger partial charge in [0.2, 0.25) is 0 Å². The Morgan fingerprint density at radius 3 is 2.71 bits per heavy atom. The number of hydrogen-bond acceptors (Lipinski definition) is 1. The molecule has 0 aromatic heterocycles. The van der Waals surface area contributed by atoms with E-state index in [1.54, 1.807) is 7.11 Å². The fraction of sp³-hybridized carbons (Fsp3) is 0.0833. The van der Waals surface area contributed by atoms with Crippen molar-refractivity contribution in [1.29, 1.82) is 0 Å². The first kappa shape index (κ1) is 9.06. The van der Waals surface area contributed by atoms with Gasteiger partial charge in [0.1, 0.15) is 6.20 Å². The van der Waals surface area contributed by atoms with Gasteiger partial charge >= 0.3 is 0 Å². The van der Waals surface area contributed by atoms with Crippen LogP contribution in [0.3, 0.4) is 0 Å². The van der Waals surface area contributed by atoms with Crippen LogP contribution in [0.5, 0.6) is 0 Å². The quantitative estimate of drug-likeness (QED) is 0.687. The largest absolute Gasteiger partial charge is 0.214 e. The minimum atomic E-state index is 0.895. The highest BCUT2D eigenvalue weighted by atomic mass is 16.7. The summed E-state index contributed by atoms with van der Waals surface area (Å²) in [6.07, 6.45) is 6.12. The molecule has 1 aliphatic heterocycles. The normalized spacial score (nSPS) is 20.1. The van der Waals surface area contributed by atoms with Crippen LogP contribution in [0.1, 0.15) is 5.56 Å². The van der Waals surface area contributed by atoms with Crippen LogP contribution in [0.2, 0.25) is 0 Å². The lowest BCUT2D eigenvalue weighted by Crippen LogP contribution is -3.03. The fourth-order valence-corrected chi connectivity index (χ4v) is 1.43. The molecule has 2 heteroatoms. The SMILES string of the molecule is CO[NH+]1C=C(c2ccccc2)C=C[CH-]1. The van der Waals surface area contributed by atoms with Crippen molar-refractivity contribution in [3.8, 4) is 0 Å². The summed E-state index contributed by atoms with van der Waals surface area (Å²) in [5, 5.41) is 0.895. The van der Waals surface area contributed by atoms with Crippen LogP contribution < -0.4 is 5.06 Å². The van der Waals surface area contributed by atoms with E-state index in [1.807, 2.05) is 37.0 Å². The number of hydrogen-bond donors (Lipinski definition) is 1. The molecule has 1 heterocycles. The minimum absolute atomic E-state index is 0.895. The topological polar surface area (TPSA) is 13.7 Å². The van der Waals surface area contributed by atoms with Gasteiger partial charge < -0.3 is 0 Å². The highest BCUT2D eigenvalue weighted by Crippen LogP contribution is 2.15. The predicted molar refractivity (Wildman–Crippen MR) is 55.8 cm³/mol. The molecule has 2 rings (SSSR count). The molecule has 0 saturated heterocycles. The smallest absolute Gasteiger partial charge is 0.106 e. The van der Waals surface area contributed by atoms with Crippen LogP contribution in [0.15, 0.2) is 48.7 Å². The maximum atomic E-state index is 5.18. The summed E-state index contributed by atoms with van der Waals surface area (Å²) < 4.78 is 0. The molecule has 1 unspecified atom stereocenters. The second kappa shape index (κ2) is 4.13. The lowest BCUT2D eigenvalue weighted by Gasteiger charge is -2.20. The monoisotopic (exact) mass is 187 g/mol. The van der Waals surface area contributed by atoms with Crippen molar-refractivity contribution < 1.29 is 9.90 Å². The number of allylic oxidation sites excluding steroid dienone is 2. The average molecular weight is 187 g/mol. The van der Waals surface area contributed by atoms with Gasteiger partial charge in [-0.2, -0.15) is 12.2 Å². The Labute approximate surface area is 84.1 Å². The zero-order valence-corrected chi connectivity index (χ0v) is 8.10. The summed E-state index contributed by atoms with van der Waals surface area (Å²) in [6.45, 7) is 1.95. The Bertz CT molecular complexity index is 354. The molecule has 0 saturated carbocycles. The number of quaternary nitrogens is 1. The molecular formula is C12H13NO. The van der Waals surface area contributed by atoms with Crippen molar-refractivity contribution in [2.75, 3.05) is 7.11 Å². The number of benzene rings is 1. The van der Waals surface area contributed by atoms with Crippen LogP contribution in [-0.4, -0.2) is 7.11 Å². The highest BCUT2D eigenvalue weighted by Gasteiger charge is 2.03. The molecule has 0 aliphatic carbocycles. The highest BCUT2D eigenvalue weighted by molar-refractivity contribution is 5.73. The minimum Gasteiger partial charge on any atom is -0.214 e. The molecule has 72 valence electrons. The molecule has 2 nitrogen and oxygen atoms in total. The molecule has 0 spiro atoms. The van der Waals surface area contributed by atoms with Gasteiger partial charge in [0, 0.05) is 0 Å². The maximum absolute atomic E-state index is 5.18. The summed E-state index contributed by atoms with van der Waals surface area (Å²) >= 11 is 0. The van der Waals surface area contributed by atoms with Gasteiger partial charge in [-0.3, -0.25) is 0 Å². The van der Waals surface area contributed by atoms with E-state index in [9.17, 15) is 0 Å². The van der Waals surface area contributed by atoms with E-state index in [0.29, 0.717) is 0 Å². The van der Waals surface area contributed by atoms with Gasteiger partial charge in [-0.05, 0) is 17.7 Å². The van der Waals surface area contributed by atoms with E-state index in [4.69, 9.17) is 4.84 Å². The van der Waals surface area contributed by atoms with Gasteiger partial charge in [-0.1, -0.05) is 30.3 Å². The van der Waals surface area contributed by atoms with Gasteiger partial charge in [0.15, 0.2) is 0 Å². The Kier molecular flexibility index (Phi) is 2.68. The summed E-state index contributed by atoms with van der Waals surface area (Å²) in [7, 11) is 1.68. The van der Waals surface area contributed by atoms with Crippen LogP contribution in [0, 0.1) is 6.54 Å². The lowest BCUT2D eigenvalue weighted by atomic mass is 10.1. The van der Waals surface area contributed by atoms with E-state index in [1.165, 1.54) is 11.1 Å². The first-order valence-corrected chi connectivity index (χ1v) is 4.59. The van der Waals surface area contributed by atoms with Crippen molar-refractivity contribution in [1.82, 2.24) is 0 Å². The molecule has 0 bridgehead atoms. The van der Waals surface area contributed by atoms with E-state index < -0.39 is 0 Å².